The highest BCUT2D eigenvalue weighted by molar-refractivity contribution is 5.96. The van der Waals surface area contributed by atoms with Crippen molar-refractivity contribution >= 4 is 23.5 Å². The van der Waals surface area contributed by atoms with Crippen molar-refractivity contribution < 1.29 is 19.5 Å². The van der Waals surface area contributed by atoms with Crippen LogP contribution in [-0.4, -0.2) is 40.9 Å². The van der Waals surface area contributed by atoms with Crippen molar-refractivity contribution in [2.45, 2.75) is 33.1 Å². The minimum absolute atomic E-state index is 0.00684. The van der Waals surface area contributed by atoms with Crippen LogP contribution in [0.2, 0.25) is 0 Å². The summed E-state index contributed by atoms with van der Waals surface area (Å²) >= 11 is 0. The Labute approximate surface area is 135 Å². The standard InChI is InChI=1S/C17H22N2O4/c1-17(2,16(22)23)11-14(20)18-13-7-5-12(6-8-13)15(21)19-9-3-4-10-19/h5-8H,3-4,9-11H2,1-2H3,(H,18,20)(H,22,23). The molecule has 1 aromatic carbocycles. The number of rotatable bonds is 5. The first kappa shape index (κ1) is 17.0. The second kappa shape index (κ2) is 6.81. The Balaban J connectivity index is 1.96. The number of nitrogens with zero attached hydrogens (tertiary/aromatic N) is 1. The molecule has 0 atom stereocenters. The Morgan fingerprint density at radius 3 is 2.22 bits per heavy atom. The maximum Gasteiger partial charge on any atom is 0.309 e. The van der Waals surface area contributed by atoms with Crippen LogP contribution in [0.3, 0.4) is 0 Å². The van der Waals surface area contributed by atoms with Crippen LogP contribution < -0.4 is 5.32 Å². The Morgan fingerprint density at radius 1 is 1.13 bits per heavy atom. The number of aliphatic carboxylic acids is 1. The van der Waals surface area contributed by atoms with Crippen molar-refractivity contribution in [1.82, 2.24) is 4.90 Å². The summed E-state index contributed by atoms with van der Waals surface area (Å²) in [5, 5.41) is 11.7. The van der Waals surface area contributed by atoms with Gasteiger partial charge < -0.3 is 15.3 Å². The van der Waals surface area contributed by atoms with E-state index in [2.05, 4.69) is 5.32 Å². The van der Waals surface area contributed by atoms with E-state index < -0.39 is 11.4 Å². The summed E-state index contributed by atoms with van der Waals surface area (Å²) in [5.74, 6) is -1.37. The lowest BCUT2D eigenvalue weighted by molar-refractivity contribution is -0.148. The quantitative estimate of drug-likeness (QED) is 0.872. The Hall–Kier alpha value is -2.37. The zero-order chi connectivity index (χ0) is 17.0. The van der Waals surface area contributed by atoms with E-state index in [1.165, 1.54) is 13.8 Å². The molecule has 1 fully saturated rings. The van der Waals surface area contributed by atoms with E-state index in [1.54, 1.807) is 24.3 Å². The molecule has 1 aromatic rings. The van der Waals surface area contributed by atoms with Crippen LogP contribution in [0.4, 0.5) is 5.69 Å². The summed E-state index contributed by atoms with van der Waals surface area (Å²) in [7, 11) is 0. The summed E-state index contributed by atoms with van der Waals surface area (Å²) in [5.41, 5.74) is 0.0281. The second-order valence-electron chi connectivity index (χ2n) is 6.49. The minimum atomic E-state index is -1.12. The lowest BCUT2D eigenvalue weighted by Crippen LogP contribution is -2.29. The van der Waals surface area contributed by atoms with Crippen LogP contribution in [0.5, 0.6) is 0 Å². The molecule has 0 radical (unpaired) electrons. The first-order chi connectivity index (χ1) is 10.8. The van der Waals surface area contributed by atoms with Gasteiger partial charge in [0.15, 0.2) is 0 Å². The van der Waals surface area contributed by atoms with Crippen LogP contribution in [0.25, 0.3) is 0 Å². The summed E-state index contributed by atoms with van der Waals surface area (Å²) in [6.45, 7) is 4.60. The molecule has 6 nitrogen and oxygen atoms in total. The number of hydrogen-bond acceptors (Lipinski definition) is 3. The number of nitrogens with one attached hydrogen (secondary N) is 1. The van der Waals surface area contributed by atoms with E-state index in [1.807, 2.05) is 4.90 Å². The van der Waals surface area contributed by atoms with Crippen molar-refractivity contribution in [2.24, 2.45) is 5.41 Å². The molecule has 0 unspecified atom stereocenters. The number of amides is 2. The molecule has 0 bridgehead atoms. The highest BCUT2D eigenvalue weighted by atomic mass is 16.4. The molecule has 1 aliphatic rings. The average molecular weight is 318 g/mol. The number of carboxylic acid groups (broad SMARTS) is 1. The summed E-state index contributed by atoms with van der Waals surface area (Å²) in [6.07, 6.45) is 1.97. The maximum absolute atomic E-state index is 12.2. The van der Waals surface area contributed by atoms with Gasteiger partial charge >= 0.3 is 5.97 Å². The van der Waals surface area contributed by atoms with Gasteiger partial charge in [-0.15, -0.1) is 0 Å². The molecule has 2 amide bonds. The van der Waals surface area contributed by atoms with Crippen molar-refractivity contribution in [3.63, 3.8) is 0 Å². The van der Waals surface area contributed by atoms with E-state index in [9.17, 15) is 14.4 Å². The third kappa shape index (κ3) is 4.31. The fourth-order valence-electron chi connectivity index (χ4n) is 2.48. The SMILES string of the molecule is CC(C)(CC(=O)Nc1ccc(C(=O)N2CCCC2)cc1)C(=O)O. The Morgan fingerprint density at radius 2 is 1.70 bits per heavy atom. The van der Waals surface area contributed by atoms with E-state index in [0.29, 0.717) is 11.3 Å². The van der Waals surface area contributed by atoms with Gasteiger partial charge in [0.05, 0.1) is 5.41 Å². The number of likely N-dealkylation sites (tertiary alicyclic amines) is 1. The molecule has 6 heteroatoms. The predicted molar refractivity (Wildman–Crippen MR) is 86.2 cm³/mol. The number of anilines is 1. The zero-order valence-electron chi connectivity index (χ0n) is 13.5. The van der Waals surface area contributed by atoms with Gasteiger partial charge in [-0.25, -0.2) is 0 Å². The van der Waals surface area contributed by atoms with Crippen LogP contribution in [-0.2, 0) is 9.59 Å². The molecular formula is C17H22N2O4. The number of benzene rings is 1. The van der Waals surface area contributed by atoms with E-state index in [-0.39, 0.29) is 18.2 Å². The van der Waals surface area contributed by atoms with Gasteiger partial charge in [0.1, 0.15) is 0 Å². The first-order valence-corrected chi connectivity index (χ1v) is 7.72. The number of carbonyl (C=O) groups excluding carboxylic acids is 2. The highest BCUT2D eigenvalue weighted by Crippen LogP contribution is 2.22. The van der Waals surface area contributed by atoms with Gasteiger partial charge in [-0.3, -0.25) is 14.4 Å². The monoisotopic (exact) mass is 318 g/mol. The fraction of sp³-hybridized carbons (Fsp3) is 0.471. The molecule has 23 heavy (non-hydrogen) atoms. The van der Waals surface area contributed by atoms with E-state index in [0.717, 1.165) is 25.9 Å². The molecule has 124 valence electrons. The molecule has 0 spiro atoms. The third-order valence-corrected chi connectivity index (χ3v) is 3.99. The van der Waals surface area contributed by atoms with Crippen LogP contribution >= 0.6 is 0 Å². The van der Waals surface area contributed by atoms with Crippen molar-refractivity contribution in [3.8, 4) is 0 Å². The average Bonchev–Trinajstić information content (AvgIpc) is 3.00. The van der Waals surface area contributed by atoms with Crippen LogP contribution in [0, 0.1) is 5.41 Å². The molecule has 1 saturated heterocycles. The van der Waals surface area contributed by atoms with Gasteiger partial charge in [-0.05, 0) is 51.0 Å². The largest absolute Gasteiger partial charge is 0.481 e. The van der Waals surface area contributed by atoms with Crippen molar-refractivity contribution in [3.05, 3.63) is 29.8 Å². The topological polar surface area (TPSA) is 86.7 Å². The van der Waals surface area contributed by atoms with Crippen LogP contribution in [0.1, 0.15) is 43.5 Å². The van der Waals surface area contributed by atoms with Gasteiger partial charge in [0.25, 0.3) is 5.91 Å². The smallest absolute Gasteiger partial charge is 0.309 e. The molecule has 1 aliphatic heterocycles. The van der Waals surface area contributed by atoms with Gasteiger partial charge in [-0.1, -0.05) is 0 Å². The number of hydrogen-bond donors (Lipinski definition) is 2. The molecule has 2 N–H and O–H groups in total. The second-order valence-corrected chi connectivity index (χ2v) is 6.49. The number of carboxylic acids is 1. The molecule has 2 rings (SSSR count). The first-order valence-electron chi connectivity index (χ1n) is 7.72. The van der Waals surface area contributed by atoms with E-state index in [4.69, 9.17) is 5.11 Å². The Kier molecular flexibility index (Phi) is 5.03. The zero-order valence-corrected chi connectivity index (χ0v) is 13.5. The summed E-state index contributed by atoms with van der Waals surface area (Å²) in [4.78, 5) is 37.0. The van der Waals surface area contributed by atoms with Crippen molar-refractivity contribution in [1.29, 1.82) is 0 Å². The third-order valence-electron chi connectivity index (χ3n) is 3.99. The predicted octanol–water partition coefficient (Wildman–Crippen LogP) is 2.36. The fourth-order valence-corrected chi connectivity index (χ4v) is 2.48. The summed E-state index contributed by atoms with van der Waals surface area (Å²) in [6, 6.07) is 6.68. The van der Waals surface area contributed by atoms with E-state index >= 15 is 0 Å². The maximum atomic E-state index is 12.2. The lowest BCUT2D eigenvalue weighted by Gasteiger charge is -2.18. The molecule has 0 aliphatic carbocycles. The van der Waals surface area contributed by atoms with Crippen molar-refractivity contribution in [2.75, 3.05) is 18.4 Å². The highest BCUT2D eigenvalue weighted by Gasteiger charge is 2.30. The molecule has 0 saturated carbocycles. The minimum Gasteiger partial charge on any atom is -0.481 e. The molecule has 0 aromatic heterocycles. The summed E-state index contributed by atoms with van der Waals surface area (Å²) < 4.78 is 0. The normalized spacial score (nSPS) is 14.6. The lowest BCUT2D eigenvalue weighted by atomic mass is 9.89. The Bertz CT molecular complexity index is 602. The molecule has 1 heterocycles. The molecular weight excluding hydrogens is 296 g/mol. The number of carbonyl (C=O) groups is 3. The van der Waals surface area contributed by atoms with Gasteiger partial charge in [0.2, 0.25) is 5.91 Å². The van der Waals surface area contributed by atoms with Gasteiger partial charge in [-0.2, -0.15) is 0 Å². The van der Waals surface area contributed by atoms with Gasteiger partial charge in [0, 0.05) is 30.8 Å². The van der Waals surface area contributed by atoms with Crippen LogP contribution in [0.15, 0.2) is 24.3 Å².